The van der Waals surface area contributed by atoms with Crippen molar-refractivity contribution in [2.24, 2.45) is 5.92 Å². The predicted molar refractivity (Wildman–Crippen MR) is 97.0 cm³/mol. The van der Waals surface area contributed by atoms with E-state index in [-0.39, 0.29) is 11.8 Å². The van der Waals surface area contributed by atoms with Crippen LogP contribution in [0.1, 0.15) is 31.4 Å². The number of fused-ring (bicyclic) bond motifs is 1. The summed E-state index contributed by atoms with van der Waals surface area (Å²) in [6.07, 6.45) is 3.37. The van der Waals surface area contributed by atoms with Crippen LogP contribution >= 0.6 is 11.8 Å². The minimum atomic E-state index is -0.269. The van der Waals surface area contributed by atoms with Crippen molar-refractivity contribution >= 4 is 23.5 Å². The first-order valence-corrected chi connectivity index (χ1v) is 9.51. The summed E-state index contributed by atoms with van der Waals surface area (Å²) in [5.74, 6) is 1.97. The molecule has 1 aromatic heterocycles. The van der Waals surface area contributed by atoms with Gasteiger partial charge in [0.25, 0.3) is 0 Å². The molecule has 0 radical (unpaired) electrons. The van der Waals surface area contributed by atoms with Crippen molar-refractivity contribution in [3.05, 3.63) is 41.1 Å². The second-order valence-electron chi connectivity index (χ2n) is 6.50. The van der Waals surface area contributed by atoms with Gasteiger partial charge in [-0.25, -0.2) is 4.68 Å². The summed E-state index contributed by atoms with van der Waals surface area (Å²) in [5, 5.41) is 8.64. The van der Waals surface area contributed by atoms with Crippen molar-refractivity contribution in [2.75, 3.05) is 18.7 Å². The van der Waals surface area contributed by atoms with Gasteiger partial charge in [0.15, 0.2) is 5.78 Å². The van der Waals surface area contributed by atoms with E-state index in [9.17, 15) is 4.79 Å². The van der Waals surface area contributed by atoms with E-state index in [2.05, 4.69) is 22.3 Å². The van der Waals surface area contributed by atoms with Gasteiger partial charge in [-0.05, 0) is 36.3 Å². The Morgan fingerprint density at radius 2 is 2.20 bits per heavy atom. The minimum Gasteiger partial charge on any atom is -0.497 e. The third kappa shape index (κ3) is 2.72. The number of carbonyl (C=O) groups excluding carboxylic acids is 1. The van der Waals surface area contributed by atoms with E-state index >= 15 is 0 Å². The largest absolute Gasteiger partial charge is 0.497 e. The Hall–Kier alpha value is -2.28. The molecule has 6 nitrogen and oxygen atoms in total. The molecule has 0 saturated heterocycles. The SMILES string of the molecule is COc1cccc([C@H]2C3=C(C[C@@H](C)CC3=O)Nc3nc(SC)nn32)c1. The molecule has 1 aromatic carbocycles. The smallest absolute Gasteiger partial charge is 0.227 e. The molecule has 2 atom stereocenters. The molecule has 4 rings (SSSR count). The monoisotopic (exact) mass is 356 g/mol. The topological polar surface area (TPSA) is 69.0 Å². The molecule has 7 heteroatoms. The summed E-state index contributed by atoms with van der Waals surface area (Å²) in [4.78, 5) is 17.4. The number of ether oxygens (including phenoxy) is 1. The number of hydrogen-bond donors (Lipinski definition) is 1. The van der Waals surface area contributed by atoms with Crippen LogP contribution in [0.25, 0.3) is 0 Å². The van der Waals surface area contributed by atoms with Gasteiger partial charge in [-0.3, -0.25) is 4.79 Å². The molecule has 0 fully saturated rings. The molecule has 0 unspecified atom stereocenters. The third-order valence-corrected chi connectivity index (χ3v) is 5.23. The molecule has 2 aliphatic rings. The van der Waals surface area contributed by atoms with Gasteiger partial charge >= 0.3 is 0 Å². The van der Waals surface area contributed by atoms with Crippen LogP contribution in [0.3, 0.4) is 0 Å². The maximum absolute atomic E-state index is 12.9. The van der Waals surface area contributed by atoms with Crippen molar-refractivity contribution in [1.29, 1.82) is 0 Å². The van der Waals surface area contributed by atoms with E-state index in [1.807, 2.05) is 35.2 Å². The number of thioether (sulfide) groups is 1. The summed E-state index contributed by atoms with van der Waals surface area (Å²) in [6.45, 7) is 2.11. The highest BCUT2D eigenvalue weighted by Gasteiger charge is 2.38. The van der Waals surface area contributed by atoms with Crippen LogP contribution in [0.5, 0.6) is 5.75 Å². The lowest BCUT2D eigenvalue weighted by Gasteiger charge is -2.34. The van der Waals surface area contributed by atoms with Gasteiger partial charge in [-0.1, -0.05) is 30.8 Å². The van der Waals surface area contributed by atoms with Crippen molar-refractivity contribution in [3.63, 3.8) is 0 Å². The summed E-state index contributed by atoms with van der Waals surface area (Å²) < 4.78 is 7.20. The average molecular weight is 356 g/mol. The van der Waals surface area contributed by atoms with Crippen molar-refractivity contribution in [1.82, 2.24) is 14.8 Å². The number of aromatic nitrogens is 3. The maximum Gasteiger partial charge on any atom is 0.227 e. The molecule has 1 aliphatic carbocycles. The van der Waals surface area contributed by atoms with Gasteiger partial charge in [0.1, 0.15) is 11.8 Å². The molecule has 0 bridgehead atoms. The molecular formula is C18H20N4O2S. The lowest BCUT2D eigenvalue weighted by Crippen LogP contribution is -2.33. The second kappa shape index (κ2) is 6.22. The van der Waals surface area contributed by atoms with E-state index in [0.717, 1.165) is 29.0 Å². The number of hydrogen-bond acceptors (Lipinski definition) is 6. The van der Waals surface area contributed by atoms with Gasteiger partial charge in [-0.15, -0.1) is 5.10 Å². The first kappa shape index (κ1) is 16.2. The van der Waals surface area contributed by atoms with E-state index in [4.69, 9.17) is 4.74 Å². The van der Waals surface area contributed by atoms with Crippen molar-refractivity contribution in [2.45, 2.75) is 31.0 Å². The first-order valence-electron chi connectivity index (χ1n) is 8.28. The molecule has 25 heavy (non-hydrogen) atoms. The van der Waals surface area contributed by atoms with Crippen LogP contribution in [0.15, 0.2) is 40.7 Å². The van der Waals surface area contributed by atoms with Crippen molar-refractivity contribution in [3.8, 4) is 5.75 Å². The first-order chi connectivity index (χ1) is 12.1. The van der Waals surface area contributed by atoms with Crippen LogP contribution < -0.4 is 10.1 Å². The highest BCUT2D eigenvalue weighted by atomic mass is 32.2. The Bertz CT molecular complexity index is 874. The molecule has 1 aliphatic heterocycles. The third-order valence-electron chi connectivity index (χ3n) is 4.70. The quantitative estimate of drug-likeness (QED) is 0.851. The Morgan fingerprint density at radius 1 is 1.36 bits per heavy atom. The summed E-state index contributed by atoms with van der Waals surface area (Å²) in [5.41, 5.74) is 2.76. The fraction of sp³-hybridized carbons (Fsp3) is 0.389. The number of allylic oxidation sites excluding steroid dienone is 2. The zero-order chi connectivity index (χ0) is 17.6. The van der Waals surface area contributed by atoms with Crippen LogP contribution in [0.2, 0.25) is 0 Å². The highest BCUT2D eigenvalue weighted by molar-refractivity contribution is 7.98. The normalized spacial score (nSPS) is 22.3. The second-order valence-corrected chi connectivity index (χ2v) is 7.27. The maximum atomic E-state index is 12.9. The number of ketones is 1. The summed E-state index contributed by atoms with van der Waals surface area (Å²) >= 11 is 1.49. The number of methoxy groups -OCH3 is 1. The van der Waals surface area contributed by atoms with Gasteiger partial charge in [0, 0.05) is 17.7 Å². The Labute approximate surface area is 150 Å². The molecule has 1 N–H and O–H groups in total. The average Bonchev–Trinajstić information content (AvgIpc) is 3.02. The van der Waals surface area contributed by atoms with Crippen LogP contribution in [0, 0.1) is 5.92 Å². The van der Waals surface area contributed by atoms with E-state index in [1.54, 1.807) is 7.11 Å². The Morgan fingerprint density at radius 3 is 2.96 bits per heavy atom. The number of nitrogens with one attached hydrogen (secondary N) is 1. The summed E-state index contributed by atoms with van der Waals surface area (Å²) in [6, 6.07) is 7.56. The fourth-order valence-electron chi connectivity index (χ4n) is 3.59. The molecule has 130 valence electrons. The fourth-order valence-corrected chi connectivity index (χ4v) is 3.94. The predicted octanol–water partition coefficient (Wildman–Crippen LogP) is 3.28. The van der Waals surface area contributed by atoms with Gasteiger partial charge in [0.05, 0.1) is 7.11 Å². The molecule has 2 heterocycles. The number of carbonyl (C=O) groups is 1. The highest BCUT2D eigenvalue weighted by Crippen LogP contribution is 2.42. The standard InChI is InChI=1S/C18H20N4O2S/c1-10-7-13-15(14(23)8-10)16(11-5-4-6-12(9-11)24-2)22-17(19-13)20-18(21-22)25-3/h4-6,9-10,16H,7-8H2,1-3H3,(H,19,20,21)/t10-,16+/m1/s1. The minimum absolute atomic E-state index is 0.181. The van der Waals surface area contributed by atoms with Crippen molar-refractivity contribution < 1.29 is 9.53 Å². The Balaban J connectivity index is 1.90. The lowest BCUT2D eigenvalue weighted by molar-refractivity contribution is -0.117. The van der Waals surface area contributed by atoms with Crippen LogP contribution in [-0.4, -0.2) is 33.9 Å². The number of rotatable bonds is 3. The molecule has 2 aromatic rings. The number of nitrogens with zero attached hydrogens (tertiary/aromatic N) is 3. The van der Waals surface area contributed by atoms with Crippen LogP contribution in [-0.2, 0) is 4.79 Å². The van der Waals surface area contributed by atoms with E-state index in [0.29, 0.717) is 23.4 Å². The lowest BCUT2D eigenvalue weighted by atomic mass is 9.81. The van der Waals surface area contributed by atoms with Gasteiger partial charge in [-0.2, -0.15) is 4.98 Å². The number of benzene rings is 1. The molecule has 0 amide bonds. The van der Waals surface area contributed by atoms with Gasteiger partial charge < -0.3 is 10.1 Å². The zero-order valence-electron chi connectivity index (χ0n) is 14.4. The van der Waals surface area contributed by atoms with Gasteiger partial charge in [0.2, 0.25) is 11.1 Å². The number of anilines is 1. The molecule has 0 spiro atoms. The number of Topliss-reactive ketones (excluding diaryl/α,β-unsaturated/α-hetero) is 1. The Kier molecular flexibility index (Phi) is 4.03. The zero-order valence-corrected chi connectivity index (χ0v) is 15.3. The molecule has 0 saturated carbocycles. The van der Waals surface area contributed by atoms with E-state index < -0.39 is 0 Å². The summed E-state index contributed by atoms with van der Waals surface area (Å²) in [7, 11) is 1.65. The van der Waals surface area contributed by atoms with E-state index in [1.165, 1.54) is 11.8 Å². The molecular weight excluding hydrogens is 336 g/mol. The van der Waals surface area contributed by atoms with Crippen LogP contribution in [0.4, 0.5) is 5.95 Å².